The molecule has 2 rings (SSSR count). The number of ether oxygens (including phenoxy) is 3. The number of hydrogen-bond donors (Lipinski definition) is 2. The van der Waals surface area contributed by atoms with Crippen molar-refractivity contribution in [2.45, 2.75) is 32.8 Å². The molecule has 0 bridgehead atoms. The molecule has 2 amide bonds. The van der Waals surface area contributed by atoms with Crippen molar-refractivity contribution in [2.75, 3.05) is 13.7 Å². The molecule has 0 aromatic heterocycles. The molecule has 0 aliphatic heterocycles. The van der Waals surface area contributed by atoms with Crippen molar-refractivity contribution in [3.05, 3.63) is 54.1 Å². The summed E-state index contributed by atoms with van der Waals surface area (Å²) in [5, 5.41) is 0. The van der Waals surface area contributed by atoms with Crippen LogP contribution in [-0.4, -0.2) is 31.6 Å². The molecule has 7 nitrogen and oxygen atoms in total. The van der Waals surface area contributed by atoms with Gasteiger partial charge in [0.2, 0.25) is 0 Å². The van der Waals surface area contributed by atoms with Gasteiger partial charge >= 0.3 is 0 Å². The number of hydrazine groups is 1. The van der Waals surface area contributed by atoms with Gasteiger partial charge in [0.25, 0.3) is 11.8 Å². The minimum atomic E-state index is -0.795. The topological polar surface area (TPSA) is 85.9 Å². The number of rotatable bonds is 8. The molecular weight excluding hydrogens is 360 g/mol. The van der Waals surface area contributed by atoms with Gasteiger partial charge in [-0.3, -0.25) is 20.4 Å². The molecule has 28 heavy (non-hydrogen) atoms. The predicted octanol–water partition coefficient (Wildman–Crippen LogP) is 2.81. The van der Waals surface area contributed by atoms with Crippen LogP contribution in [0.1, 0.15) is 32.3 Å². The van der Waals surface area contributed by atoms with E-state index < -0.39 is 17.9 Å². The fourth-order valence-corrected chi connectivity index (χ4v) is 2.41. The van der Waals surface area contributed by atoms with Gasteiger partial charge in [0.15, 0.2) is 12.7 Å². The first-order valence-corrected chi connectivity index (χ1v) is 9.01. The molecule has 150 valence electrons. The van der Waals surface area contributed by atoms with Crippen molar-refractivity contribution in [3.8, 4) is 17.2 Å². The van der Waals surface area contributed by atoms with Crippen LogP contribution in [0, 0.1) is 0 Å². The predicted molar refractivity (Wildman–Crippen MR) is 105 cm³/mol. The third-order valence-electron chi connectivity index (χ3n) is 3.97. The summed E-state index contributed by atoms with van der Waals surface area (Å²) in [5.41, 5.74) is 5.67. The Labute approximate surface area is 165 Å². The van der Waals surface area contributed by atoms with E-state index in [0.29, 0.717) is 17.2 Å². The Kier molecular flexibility index (Phi) is 7.68. The van der Waals surface area contributed by atoms with Crippen LogP contribution in [0.2, 0.25) is 0 Å². The first-order valence-electron chi connectivity index (χ1n) is 9.01. The standard InChI is InChI=1S/C21H26N2O5/c1-14(2)18-7-5-6-8-19(18)27-13-20(24)22-23-21(25)15(3)28-17-11-9-16(26-4)10-12-17/h5-12,14-15H,13H2,1-4H3,(H,22,24)(H,23,25). The summed E-state index contributed by atoms with van der Waals surface area (Å²) >= 11 is 0. The quantitative estimate of drug-likeness (QED) is 0.682. The minimum absolute atomic E-state index is 0.211. The van der Waals surface area contributed by atoms with Crippen molar-refractivity contribution in [1.29, 1.82) is 0 Å². The van der Waals surface area contributed by atoms with Gasteiger partial charge in [-0.15, -0.1) is 0 Å². The average molecular weight is 386 g/mol. The highest BCUT2D eigenvalue weighted by Gasteiger charge is 2.16. The number of nitrogens with one attached hydrogen (secondary N) is 2. The molecule has 0 aliphatic rings. The molecule has 7 heteroatoms. The van der Waals surface area contributed by atoms with E-state index >= 15 is 0 Å². The van der Waals surface area contributed by atoms with Gasteiger partial charge in [0.05, 0.1) is 7.11 Å². The van der Waals surface area contributed by atoms with Crippen LogP contribution in [0.15, 0.2) is 48.5 Å². The monoisotopic (exact) mass is 386 g/mol. The van der Waals surface area contributed by atoms with Crippen LogP contribution in [0.5, 0.6) is 17.2 Å². The Morgan fingerprint density at radius 1 is 0.929 bits per heavy atom. The molecule has 0 saturated carbocycles. The molecule has 0 heterocycles. The largest absolute Gasteiger partial charge is 0.497 e. The third-order valence-corrected chi connectivity index (χ3v) is 3.97. The van der Waals surface area contributed by atoms with Crippen molar-refractivity contribution < 1.29 is 23.8 Å². The molecule has 2 N–H and O–H groups in total. The van der Waals surface area contributed by atoms with E-state index in [1.54, 1.807) is 38.3 Å². The number of para-hydroxylation sites is 1. The lowest BCUT2D eigenvalue weighted by Gasteiger charge is -2.16. The Morgan fingerprint density at radius 2 is 1.57 bits per heavy atom. The maximum atomic E-state index is 12.1. The normalized spacial score (nSPS) is 11.5. The highest BCUT2D eigenvalue weighted by molar-refractivity contribution is 5.85. The van der Waals surface area contributed by atoms with Gasteiger partial charge in [-0.05, 0) is 48.7 Å². The Balaban J connectivity index is 1.77. The zero-order valence-electron chi connectivity index (χ0n) is 16.5. The van der Waals surface area contributed by atoms with Crippen molar-refractivity contribution in [2.24, 2.45) is 0 Å². The van der Waals surface area contributed by atoms with Crippen molar-refractivity contribution >= 4 is 11.8 Å². The van der Waals surface area contributed by atoms with E-state index in [9.17, 15) is 9.59 Å². The SMILES string of the molecule is COc1ccc(OC(C)C(=O)NNC(=O)COc2ccccc2C(C)C)cc1. The first kappa shape index (κ1) is 21.1. The van der Waals surface area contributed by atoms with E-state index in [4.69, 9.17) is 14.2 Å². The second kappa shape index (κ2) is 10.2. The molecule has 0 aliphatic carbocycles. The number of hydrogen-bond acceptors (Lipinski definition) is 5. The van der Waals surface area contributed by atoms with Crippen LogP contribution in [0.3, 0.4) is 0 Å². The van der Waals surface area contributed by atoms with Crippen LogP contribution < -0.4 is 25.1 Å². The molecule has 0 radical (unpaired) electrons. The second-order valence-electron chi connectivity index (χ2n) is 6.45. The molecule has 0 fully saturated rings. The summed E-state index contributed by atoms with van der Waals surface area (Å²) in [7, 11) is 1.57. The minimum Gasteiger partial charge on any atom is -0.497 e. The van der Waals surface area contributed by atoms with Gasteiger partial charge in [-0.1, -0.05) is 32.0 Å². The number of methoxy groups -OCH3 is 1. The molecule has 1 unspecified atom stereocenters. The smallest absolute Gasteiger partial charge is 0.279 e. The summed E-state index contributed by atoms with van der Waals surface area (Å²) in [6, 6.07) is 14.4. The number of amides is 2. The molecule has 0 saturated heterocycles. The van der Waals surface area contributed by atoms with E-state index in [1.807, 2.05) is 38.1 Å². The van der Waals surface area contributed by atoms with Gasteiger partial charge < -0.3 is 14.2 Å². The Hall–Kier alpha value is -3.22. The summed E-state index contributed by atoms with van der Waals surface area (Å²) in [6.45, 7) is 5.47. The lowest BCUT2D eigenvalue weighted by Crippen LogP contribution is -2.48. The molecule has 2 aromatic carbocycles. The zero-order chi connectivity index (χ0) is 20.5. The van der Waals surface area contributed by atoms with Crippen LogP contribution in [0.4, 0.5) is 0 Å². The highest BCUT2D eigenvalue weighted by Crippen LogP contribution is 2.25. The summed E-state index contributed by atoms with van der Waals surface area (Å²) in [4.78, 5) is 24.0. The van der Waals surface area contributed by atoms with Crippen LogP contribution in [-0.2, 0) is 9.59 Å². The maximum Gasteiger partial charge on any atom is 0.279 e. The Bertz CT molecular complexity index is 790. The maximum absolute atomic E-state index is 12.1. The molecule has 0 spiro atoms. The molecular formula is C21H26N2O5. The Morgan fingerprint density at radius 3 is 2.21 bits per heavy atom. The van der Waals surface area contributed by atoms with Gasteiger partial charge in [0.1, 0.15) is 17.2 Å². The number of carbonyl (C=O) groups is 2. The van der Waals surface area contributed by atoms with Crippen molar-refractivity contribution in [1.82, 2.24) is 10.9 Å². The summed E-state index contributed by atoms with van der Waals surface area (Å²) < 4.78 is 16.2. The van der Waals surface area contributed by atoms with Crippen LogP contribution in [0.25, 0.3) is 0 Å². The van der Waals surface area contributed by atoms with E-state index in [1.165, 1.54) is 0 Å². The number of carbonyl (C=O) groups excluding carboxylic acids is 2. The fourth-order valence-electron chi connectivity index (χ4n) is 2.41. The van der Waals surface area contributed by atoms with E-state index in [-0.39, 0.29) is 12.5 Å². The van der Waals surface area contributed by atoms with Gasteiger partial charge in [0, 0.05) is 0 Å². The van der Waals surface area contributed by atoms with E-state index in [0.717, 1.165) is 5.56 Å². The number of benzene rings is 2. The third kappa shape index (κ3) is 6.19. The summed E-state index contributed by atoms with van der Waals surface area (Å²) in [5.74, 6) is 1.18. The van der Waals surface area contributed by atoms with Gasteiger partial charge in [-0.25, -0.2) is 0 Å². The first-order chi connectivity index (χ1) is 13.4. The van der Waals surface area contributed by atoms with Crippen molar-refractivity contribution in [3.63, 3.8) is 0 Å². The summed E-state index contributed by atoms with van der Waals surface area (Å²) in [6.07, 6.45) is -0.795. The average Bonchev–Trinajstić information content (AvgIpc) is 2.71. The lowest BCUT2D eigenvalue weighted by molar-refractivity contribution is -0.133. The highest BCUT2D eigenvalue weighted by atomic mass is 16.5. The van der Waals surface area contributed by atoms with E-state index in [2.05, 4.69) is 10.9 Å². The van der Waals surface area contributed by atoms with Gasteiger partial charge in [-0.2, -0.15) is 0 Å². The van der Waals surface area contributed by atoms with Crippen LogP contribution >= 0.6 is 0 Å². The zero-order valence-corrected chi connectivity index (χ0v) is 16.5. The molecule has 2 aromatic rings. The second-order valence-corrected chi connectivity index (χ2v) is 6.45. The molecule has 1 atom stereocenters. The lowest BCUT2D eigenvalue weighted by atomic mass is 10.0. The fraction of sp³-hybridized carbons (Fsp3) is 0.333.